The fourth-order valence-corrected chi connectivity index (χ4v) is 2.53. The summed E-state index contributed by atoms with van der Waals surface area (Å²) in [7, 11) is -4.22. The fourth-order valence-electron chi connectivity index (χ4n) is 1.27. The SMILES string of the molecule is CC(C)(CNS(=O)(=O)c1cccc(C(F)(F)F)c1)C(=O)O. The third-order valence-corrected chi connectivity index (χ3v) is 4.15. The Morgan fingerprint density at radius 2 is 1.86 bits per heavy atom. The number of carbonyl (C=O) groups is 1. The summed E-state index contributed by atoms with van der Waals surface area (Å²) in [6, 6.07) is 3.22. The second kappa shape index (κ2) is 5.64. The summed E-state index contributed by atoms with van der Waals surface area (Å²) in [6.07, 6.45) is -4.66. The number of hydrogen-bond acceptors (Lipinski definition) is 3. The second-order valence-electron chi connectivity index (χ2n) is 5.04. The van der Waals surface area contributed by atoms with E-state index in [0.717, 1.165) is 18.2 Å². The maximum absolute atomic E-state index is 12.5. The Morgan fingerprint density at radius 1 is 1.29 bits per heavy atom. The molecule has 0 saturated heterocycles. The van der Waals surface area contributed by atoms with Crippen LogP contribution in [0.1, 0.15) is 19.4 Å². The number of hydrogen-bond donors (Lipinski definition) is 2. The van der Waals surface area contributed by atoms with E-state index in [1.54, 1.807) is 0 Å². The van der Waals surface area contributed by atoms with Crippen LogP contribution in [0.5, 0.6) is 0 Å². The van der Waals surface area contributed by atoms with Crippen molar-refractivity contribution in [1.82, 2.24) is 4.72 Å². The molecule has 2 N–H and O–H groups in total. The van der Waals surface area contributed by atoms with Gasteiger partial charge in [-0.2, -0.15) is 13.2 Å². The van der Waals surface area contributed by atoms with E-state index in [2.05, 4.69) is 0 Å². The first-order valence-electron chi connectivity index (χ1n) is 5.76. The lowest BCUT2D eigenvalue weighted by Crippen LogP contribution is -2.38. The van der Waals surface area contributed by atoms with Gasteiger partial charge >= 0.3 is 12.1 Å². The van der Waals surface area contributed by atoms with Crippen LogP contribution in [0.25, 0.3) is 0 Å². The second-order valence-corrected chi connectivity index (χ2v) is 6.81. The molecule has 1 aromatic rings. The molecule has 21 heavy (non-hydrogen) atoms. The number of halogens is 3. The first-order valence-corrected chi connectivity index (χ1v) is 7.25. The zero-order valence-corrected chi connectivity index (χ0v) is 12.0. The molecule has 0 amide bonds. The molecule has 9 heteroatoms. The molecule has 0 aliphatic rings. The van der Waals surface area contributed by atoms with Gasteiger partial charge in [-0.25, -0.2) is 13.1 Å². The molecule has 0 atom stereocenters. The Kier molecular flexibility index (Phi) is 4.69. The summed E-state index contributed by atoms with van der Waals surface area (Å²) in [5, 5.41) is 8.88. The molecule has 0 radical (unpaired) electrons. The molecule has 0 heterocycles. The smallest absolute Gasteiger partial charge is 0.416 e. The van der Waals surface area contributed by atoms with Crippen molar-refractivity contribution in [2.75, 3.05) is 6.54 Å². The fraction of sp³-hybridized carbons (Fsp3) is 0.417. The molecule has 0 aliphatic heterocycles. The van der Waals surface area contributed by atoms with E-state index < -0.39 is 44.6 Å². The van der Waals surface area contributed by atoms with Gasteiger partial charge in [0, 0.05) is 6.54 Å². The van der Waals surface area contributed by atoms with E-state index in [9.17, 15) is 26.4 Å². The maximum atomic E-state index is 12.5. The van der Waals surface area contributed by atoms with Crippen LogP contribution in [-0.2, 0) is 21.0 Å². The highest BCUT2D eigenvalue weighted by Gasteiger charge is 2.33. The van der Waals surface area contributed by atoms with Crippen LogP contribution in [0.15, 0.2) is 29.2 Å². The van der Waals surface area contributed by atoms with E-state index in [1.165, 1.54) is 13.8 Å². The Bertz CT molecular complexity index is 638. The maximum Gasteiger partial charge on any atom is 0.416 e. The van der Waals surface area contributed by atoms with Crippen LogP contribution in [0.4, 0.5) is 13.2 Å². The molecular formula is C12H14F3NO4S. The molecule has 0 spiro atoms. The number of carboxylic acids is 1. The predicted octanol–water partition coefficient (Wildman–Crippen LogP) is 2.09. The molecule has 0 aromatic heterocycles. The Balaban J connectivity index is 3.02. The van der Waals surface area contributed by atoms with E-state index in [0.29, 0.717) is 6.07 Å². The van der Waals surface area contributed by atoms with Gasteiger partial charge in [-0.3, -0.25) is 4.79 Å². The highest BCUT2D eigenvalue weighted by Crippen LogP contribution is 2.30. The topological polar surface area (TPSA) is 83.5 Å². The number of sulfonamides is 1. The monoisotopic (exact) mass is 325 g/mol. The standard InChI is InChI=1S/C12H14F3NO4S/c1-11(2,10(17)18)7-16-21(19,20)9-5-3-4-8(6-9)12(13,14)15/h3-6,16H,7H2,1-2H3,(H,17,18). The summed E-state index contributed by atoms with van der Waals surface area (Å²) < 4.78 is 63.5. The van der Waals surface area contributed by atoms with Crippen LogP contribution in [-0.4, -0.2) is 26.0 Å². The third kappa shape index (κ3) is 4.43. The van der Waals surface area contributed by atoms with Crippen LogP contribution >= 0.6 is 0 Å². The first kappa shape index (κ1) is 17.4. The molecule has 0 aliphatic carbocycles. The number of carboxylic acid groups (broad SMARTS) is 1. The van der Waals surface area contributed by atoms with Crippen molar-refractivity contribution >= 4 is 16.0 Å². The van der Waals surface area contributed by atoms with Crippen LogP contribution < -0.4 is 4.72 Å². The molecule has 0 bridgehead atoms. The van der Waals surface area contributed by atoms with Crippen molar-refractivity contribution < 1.29 is 31.5 Å². The number of alkyl halides is 3. The highest BCUT2D eigenvalue weighted by molar-refractivity contribution is 7.89. The average molecular weight is 325 g/mol. The minimum absolute atomic E-state index is 0.444. The van der Waals surface area contributed by atoms with Crippen LogP contribution in [0.3, 0.4) is 0 Å². The molecule has 0 fully saturated rings. The van der Waals surface area contributed by atoms with Gasteiger partial charge in [-0.15, -0.1) is 0 Å². The average Bonchev–Trinajstić information content (AvgIpc) is 2.36. The molecule has 0 unspecified atom stereocenters. The Hall–Kier alpha value is -1.61. The van der Waals surface area contributed by atoms with Crippen LogP contribution in [0, 0.1) is 5.41 Å². The van der Waals surface area contributed by atoms with E-state index in [4.69, 9.17) is 5.11 Å². The van der Waals surface area contributed by atoms with Crippen molar-refractivity contribution in [3.8, 4) is 0 Å². The minimum Gasteiger partial charge on any atom is -0.481 e. The molecule has 1 rings (SSSR count). The quantitative estimate of drug-likeness (QED) is 0.868. The van der Waals surface area contributed by atoms with E-state index in [1.807, 2.05) is 4.72 Å². The van der Waals surface area contributed by atoms with Crippen molar-refractivity contribution in [3.63, 3.8) is 0 Å². The van der Waals surface area contributed by atoms with Gasteiger partial charge in [-0.1, -0.05) is 6.07 Å². The van der Waals surface area contributed by atoms with Crippen molar-refractivity contribution in [2.45, 2.75) is 24.9 Å². The molecule has 5 nitrogen and oxygen atoms in total. The van der Waals surface area contributed by atoms with Gasteiger partial charge in [0.1, 0.15) is 0 Å². The lowest BCUT2D eigenvalue weighted by molar-refractivity contribution is -0.146. The van der Waals surface area contributed by atoms with Gasteiger partial charge in [0.25, 0.3) is 0 Å². The summed E-state index contributed by atoms with van der Waals surface area (Å²) in [5.41, 5.74) is -2.47. The number of aliphatic carboxylic acids is 1. The van der Waals surface area contributed by atoms with Gasteiger partial charge in [0.15, 0.2) is 0 Å². The zero-order valence-electron chi connectivity index (χ0n) is 11.2. The minimum atomic E-state index is -4.66. The van der Waals surface area contributed by atoms with E-state index in [-0.39, 0.29) is 0 Å². The Labute approximate surface area is 119 Å². The third-order valence-electron chi connectivity index (χ3n) is 2.75. The van der Waals surface area contributed by atoms with Crippen molar-refractivity contribution in [1.29, 1.82) is 0 Å². The predicted molar refractivity (Wildman–Crippen MR) is 68.0 cm³/mol. The normalized spacial score (nSPS) is 13.2. The first-order chi connectivity index (χ1) is 9.36. The Morgan fingerprint density at radius 3 is 2.33 bits per heavy atom. The molecule has 1 aromatic carbocycles. The lowest BCUT2D eigenvalue weighted by Gasteiger charge is -2.19. The van der Waals surface area contributed by atoms with Crippen molar-refractivity contribution in [2.24, 2.45) is 5.41 Å². The van der Waals surface area contributed by atoms with E-state index >= 15 is 0 Å². The summed E-state index contributed by atoms with van der Waals surface area (Å²) in [4.78, 5) is 10.3. The molecule has 118 valence electrons. The van der Waals surface area contributed by atoms with Gasteiger partial charge in [-0.05, 0) is 32.0 Å². The van der Waals surface area contributed by atoms with Gasteiger partial charge in [0.2, 0.25) is 10.0 Å². The molecule has 0 saturated carbocycles. The highest BCUT2D eigenvalue weighted by atomic mass is 32.2. The number of rotatable bonds is 5. The summed E-state index contributed by atoms with van der Waals surface area (Å²) in [6.45, 7) is 2.15. The summed E-state index contributed by atoms with van der Waals surface area (Å²) >= 11 is 0. The largest absolute Gasteiger partial charge is 0.481 e. The van der Waals surface area contributed by atoms with Gasteiger partial charge < -0.3 is 5.11 Å². The zero-order chi connectivity index (χ0) is 16.5. The summed E-state index contributed by atoms with van der Waals surface area (Å²) in [5.74, 6) is -1.23. The van der Waals surface area contributed by atoms with Crippen LogP contribution in [0.2, 0.25) is 0 Å². The molecular weight excluding hydrogens is 311 g/mol. The lowest BCUT2D eigenvalue weighted by atomic mass is 9.95. The number of nitrogens with one attached hydrogen (secondary N) is 1. The van der Waals surface area contributed by atoms with Gasteiger partial charge in [0.05, 0.1) is 15.9 Å². The van der Waals surface area contributed by atoms with Crippen molar-refractivity contribution in [3.05, 3.63) is 29.8 Å². The number of benzene rings is 1.